The molecule has 0 aromatic heterocycles. The summed E-state index contributed by atoms with van der Waals surface area (Å²) in [6.07, 6.45) is 2.44. The average Bonchev–Trinajstić information content (AvgIpc) is 2.56. The molecule has 4 nitrogen and oxygen atoms in total. The topological polar surface area (TPSA) is 55.7 Å². The van der Waals surface area contributed by atoms with E-state index in [2.05, 4.69) is 11.4 Å². The lowest BCUT2D eigenvalue weighted by atomic mass is 10.0. The van der Waals surface area contributed by atoms with Gasteiger partial charge in [0.2, 0.25) is 0 Å². The van der Waals surface area contributed by atoms with Gasteiger partial charge in [-0.05, 0) is 56.6 Å². The molecule has 0 amide bonds. The van der Waals surface area contributed by atoms with Gasteiger partial charge in [-0.1, -0.05) is 36.4 Å². The summed E-state index contributed by atoms with van der Waals surface area (Å²) in [6.45, 7) is 0.888. The normalized spacial score (nSPS) is 20.8. The fourth-order valence-electron chi connectivity index (χ4n) is 3.16. The molecule has 1 aliphatic rings. The van der Waals surface area contributed by atoms with Crippen molar-refractivity contribution < 1.29 is 9.11 Å². The molecule has 0 fully saturated rings. The zero-order valence-corrected chi connectivity index (χ0v) is 14.2. The molecule has 124 valence electrons. The number of nitrogens with zero attached hydrogens (tertiary/aromatic N) is 1. The third-order valence-electron chi connectivity index (χ3n) is 4.32. The monoisotopic (exact) mass is 332 g/mol. The molecule has 2 aromatic rings. The van der Waals surface area contributed by atoms with Crippen LogP contribution in [0.5, 0.6) is 0 Å². The molecule has 5 heteroatoms. The highest BCUT2D eigenvalue weighted by Crippen LogP contribution is 2.60. The number of anilines is 2. The van der Waals surface area contributed by atoms with Crippen LogP contribution in [0.25, 0.3) is 0 Å². The van der Waals surface area contributed by atoms with Crippen LogP contribution >= 0.6 is 10.8 Å². The minimum absolute atomic E-state index is 0.147. The Labute approximate surface area is 139 Å². The van der Waals surface area contributed by atoms with Gasteiger partial charge in [0.05, 0.1) is 16.6 Å². The standard InChI is InChI=1S/C18H24N2O2S/c1-19-13-7-11-17-14-15-8-5-6-12-18(15)20(23(17,21)22)16-9-3-2-4-10-16/h2-6,8-10,12,17,19,21-22H,7,11,13-14H2,1H3/t17-/m1/s1. The summed E-state index contributed by atoms with van der Waals surface area (Å²) in [5.74, 6) is 0. The summed E-state index contributed by atoms with van der Waals surface area (Å²) < 4.78 is 23.8. The van der Waals surface area contributed by atoms with Crippen molar-refractivity contribution in [2.45, 2.75) is 24.5 Å². The second-order valence-corrected chi connectivity index (χ2v) is 8.05. The van der Waals surface area contributed by atoms with E-state index in [0.29, 0.717) is 6.42 Å². The Balaban J connectivity index is 2.00. The summed E-state index contributed by atoms with van der Waals surface area (Å²) >= 11 is 0. The van der Waals surface area contributed by atoms with Crippen LogP contribution in [-0.4, -0.2) is 27.9 Å². The molecule has 1 aliphatic heterocycles. The van der Waals surface area contributed by atoms with E-state index in [0.717, 1.165) is 30.8 Å². The van der Waals surface area contributed by atoms with Gasteiger partial charge < -0.3 is 5.32 Å². The number of nitrogens with one attached hydrogen (secondary N) is 1. The molecule has 0 saturated carbocycles. The predicted octanol–water partition coefficient (Wildman–Crippen LogP) is 4.41. The van der Waals surface area contributed by atoms with Crippen molar-refractivity contribution in [3.63, 3.8) is 0 Å². The Morgan fingerprint density at radius 1 is 1.09 bits per heavy atom. The summed E-state index contributed by atoms with van der Waals surface area (Å²) in [4.78, 5) is 0. The number of rotatable bonds is 5. The van der Waals surface area contributed by atoms with E-state index >= 15 is 0 Å². The molecule has 0 saturated heterocycles. The van der Waals surface area contributed by atoms with Crippen LogP contribution in [0.1, 0.15) is 18.4 Å². The lowest BCUT2D eigenvalue weighted by molar-refractivity contribution is 0.454. The van der Waals surface area contributed by atoms with Crippen molar-refractivity contribution in [3.8, 4) is 0 Å². The number of para-hydroxylation sites is 2. The lowest BCUT2D eigenvalue weighted by Crippen LogP contribution is -2.37. The molecule has 23 heavy (non-hydrogen) atoms. The second-order valence-electron chi connectivity index (χ2n) is 5.89. The number of hydrogen-bond acceptors (Lipinski definition) is 4. The van der Waals surface area contributed by atoms with Gasteiger partial charge in [-0.25, -0.2) is 4.31 Å². The molecular weight excluding hydrogens is 308 g/mol. The maximum Gasteiger partial charge on any atom is 0.0733 e. The van der Waals surface area contributed by atoms with Crippen LogP contribution in [-0.2, 0) is 6.42 Å². The molecular formula is C18H24N2O2S. The fraction of sp³-hybridized carbons (Fsp3) is 0.333. The zero-order valence-electron chi connectivity index (χ0n) is 13.4. The molecule has 0 aliphatic carbocycles. The predicted molar refractivity (Wildman–Crippen MR) is 98.5 cm³/mol. The van der Waals surface area contributed by atoms with Gasteiger partial charge in [0.1, 0.15) is 0 Å². The zero-order chi connectivity index (χ0) is 16.3. The Morgan fingerprint density at radius 2 is 1.78 bits per heavy atom. The Bertz CT molecular complexity index is 648. The molecule has 0 bridgehead atoms. The van der Waals surface area contributed by atoms with Gasteiger partial charge in [0.25, 0.3) is 0 Å². The largest absolute Gasteiger partial charge is 0.320 e. The second kappa shape index (κ2) is 6.93. The average molecular weight is 332 g/mol. The molecule has 3 rings (SSSR count). The van der Waals surface area contributed by atoms with Gasteiger partial charge >= 0.3 is 0 Å². The molecule has 2 aromatic carbocycles. The van der Waals surface area contributed by atoms with E-state index in [1.165, 1.54) is 5.56 Å². The maximum atomic E-state index is 11.0. The minimum atomic E-state index is -2.91. The van der Waals surface area contributed by atoms with E-state index in [1.54, 1.807) is 4.31 Å². The van der Waals surface area contributed by atoms with E-state index in [1.807, 2.05) is 55.6 Å². The summed E-state index contributed by atoms with van der Waals surface area (Å²) in [5.41, 5.74) is 2.92. The quantitative estimate of drug-likeness (QED) is 0.710. The van der Waals surface area contributed by atoms with Crippen LogP contribution in [0.3, 0.4) is 0 Å². The Hall–Kier alpha value is -1.53. The van der Waals surface area contributed by atoms with Crippen molar-refractivity contribution in [1.29, 1.82) is 0 Å². The van der Waals surface area contributed by atoms with E-state index < -0.39 is 10.8 Å². The third-order valence-corrected chi connectivity index (χ3v) is 6.56. The first kappa shape index (κ1) is 16.3. The Kier molecular flexibility index (Phi) is 4.92. The third kappa shape index (κ3) is 3.23. The smallest absolute Gasteiger partial charge is 0.0733 e. The molecule has 0 radical (unpaired) electrons. The summed E-state index contributed by atoms with van der Waals surface area (Å²) in [7, 11) is -0.985. The van der Waals surface area contributed by atoms with Crippen molar-refractivity contribution in [3.05, 3.63) is 60.2 Å². The lowest BCUT2D eigenvalue weighted by Gasteiger charge is -2.53. The highest BCUT2D eigenvalue weighted by atomic mass is 32.3. The van der Waals surface area contributed by atoms with E-state index in [9.17, 15) is 9.11 Å². The van der Waals surface area contributed by atoms with Crippen LogP contribution in [0.2, 0.25) is 0 Å². The van der Waals surface area contributed by atoms with Crippen molar-refractivity contribution >= 4 is 22.2 Å². The summed E-state index contributed by atoms with van der Waals surface area (Å²) in [5, 5.41) is 2.98. The SMILES string of the molecule is CNCCC[C@@H]1Cc2ccccc2N(c2ccccc2)S1(O)O. The number of benzene rings is 2. The van der Waals surface area contributed by atoms with Gasteiger partial charge in [-0.3, -0.25) is 9.11 Å². The van der Waals surface area contributed by atoms with Crippen molar-refractivity contribution in [1.82, 2.24) is 5.32 Å². The molecule has 3 N–H and O–H groups in total. The van der Waals surface area contributed by atoms with Crippen LogP contribution in [0, 0.1) is 0 Å². The first-order valence-electron chi connectivity index (χ1n) is 7.99. The van der Waals surface area contributed by atoms with Gasteiger partial charge in [-0.2, -0.15) is 0 Å². The summed E-state index contributed by atoms with van der Waals surface area (Å²) in [6, 6.07) is 17.7. The number of fused-ring (bicyclic) bond motifs is 1. The van der Waals surface area contributed by atoms with Crippen LogP contribution in [0.15, 0.2) is 54.6 Å². The fourth-order valence-corrected chi connectivity index (χ4v) is 5.24. The van der Waals surface area contributed by atoms with Crippen LogP contribution in [0.4, 0.5) is 11.4 Å². The first-order chi connectivity index (χ1) is 11.1. The van der Waals surface area contributed by atoms with Gasteiger partial charge in [-0.15, -0.1) is 10.8 Å². The van der Waals surface area contributed by atoms with E-state index in [4.69, 9.17) is 0 Å². The Morgan fingerprint density at radius 3 is 2.52 bits per heavy atom. The van der Waals surface area contributed by atoms with Crippen molar-refractivity contribution in [2.75, 3.05) is 17.9 Å². The molecule has 0 unspecified atom stereocenters. The minimum Gasteiger partial charge on any atom is -0.320 e. The van der Waals surface area contributed by atoms with E-state index in [-0.39, 0.29) is 5.25 Å². The van der Waals surface area contributed by atoms with Crippen LogP contribution < -0.4 is 9.62 Å². The first-order valence-corrected chi connectivity index (χ1v) is 9.56. The van der Waals surface area contributed by atoms with Gasteiger partial charge in [0.15, 0.2) is 0 Å². The number of hydrogen-bond donors (Lipinski definition) is 3. The molecule has 0 spiro atoms. The maximum absolute atomic E-state index is 11.0. The van der Waals surface area contributed by atoms with Crippen molar-refractivity contribution in [2.24, 2.45) is 0 Å². The highest BCUT2D eigenvalue weighted by Gasteiger charge is 2.38. The highest BCUT2D eigenvalue weighted by molar-refractivity contribution is 8.26. The van der Waals surface area contributed by atoms with Gasteiger partial charge in [0, 0.05) is 0 Å². The molecule has 1 atom stereocenters. The molecule has 1 heterocycles.